The lowest BCUT2D eigenvalue weighted by molar-refractivity contribution is 0.293. The van der Waals surface area contributed by atoms with E-state index in [-0.39, 0.29) is 0 Å². The number of unbranched alkanes of at least 4 members (excludes halogenated alkanes) is 1. The van der Waals surface area contributed by atoms with Crippen LogP contribution in [0.5, 0.6) is 0 Å². The van der Waals surface area contributed by atoms with E-state index in [1.807, 2.05) is 11.6 Å². The van der Waals surface area contributed by atoms with Gasteiger partial charge in [-0.2, -0.15) is 0 Å². The average Bonchev–Trinajstić information content (AvgIpc) is 2.64. The van der Waals surface area contributed by atoms with Gasteiger partial charge >= 0.3 is 0 Å². The molecule has 1 aromatic heterocycles. The second-order valence-electron chi connectivity index (χ2n) is 4.08. The number of hydrogen-bond donors (Lipinski definition) is 0. The number of thiazole rings is 1. The predicted molar refractivity (Wildman–Crippen MR) is 64.1 cm³/mol. The van der Waals surface area contributed by atoms with Gasteiger partial charge in [0.1, 0.15) is 5.01 Å². The lowest BCUT2D eigenvalue weighted by Crippen LogP contribution is -2.29. The zero-order valence-corrected chi connectivity index (χ0v) is 11.1. The summed E-state index contributed by atoms with van der Waals surface area (Å²) in [6.45, 7) is 7.51. The molecular weight excluding hydrogens is 210 g/mol. The first-order valence-electron chi connectivity index (χ1n) is 5.16. The molecule has 0 radical (unpaired) electrons. The van der Waals surface area contributed by atoms with Crippen molar-refractivity contribution in [2.75, 3.05) is 0 Å². The molecule has 0 spiro atoms. The first-order valence-corrected chi connectivity index (χ1v) is 9.16. The highest BCUT2D eigenvalue weighted by Crippen LogP contribution is 2.17. The van der Waals surface area contributed by atoms with Crippen molar-refractivity contribution in [3.63, 3.8) is 0 Å². The van der Waals surface area contributed by atoms with Crippen molar-refractivity contribution in [3.05, 3.63) is 16.6 Å². The normalized spacial score (nSPS) is 11.9. The summed E-state index contributed by atoms with van der Waals surface area (Å²) in [7, 11) is -1.41. The Morgan fingerprint density at radius 2 is 2.29 bits per heavy atom. The van der Waals surface area contributed by atoms with Gasteiger partial charge in [-0.3, -0.25) is 0 Å². The van der Waals surface area contributed by atoms with E-state index in [0.717, 1.165) is 5.01 Å². The Bertz CT molecular complexity index is 249. The molecule has 0 fully saturated rings. The highest BCUT2D eigenvalue weighted by Gasteiger charge is 2.21. The van der Waals surface area contributed by atoms with Gasteiger partial charge in [-0.25, -0.2) is 4.98 Å². The molecule has 2 nitrogen and oxygen atoms in total. The second kappa shape index (κ2) is 5.63. The van der Waals surface area contributed by atoms with E-state index in [2.05, 4.69) is 25.0 Å². The largest absolute Gasteiger partial charge is 0.411 e. The fraction of sp³-hybridized carbons (Fsp3) is 0.700. The van der Waals surface area contributed by atoms with Crippen LogP contribution < -0.4 is 0 Å². The van der Waals surface area contributed by atoms with Crippen LogP contribution in [-0.2, 0) is 11.0 Å². The van der Waals surface area contributed by atoms with Gasteiger partial charge in [-0.05, 0) is 19.1 Å². The summed E-state index contributed by atoms with van der Waals surface area (Å²) < 4.78 is 5.96. The lowest BCUT2D eigenvalue weighted by Gasteiger charge is -2.21. The second-order valence-corrected chi connectivity index (χ2v) is 9.36. The first kappa shape index (κ1) is 11.9. The molecule has 4 heteroatoms. The molecule has 0 amide bonds. The molecular formula is C10H19NOSSi. The van der Waals surface area contributed by atoms with E-state index >= 15 is 0 Å². The topological polar surface area (TPSA) is 22.1 Å². The zero-order chi connectivity index (χ0) is 10.4. The van der Waals surface area contributed by atoms with Crippen LogP contribution >= 0.6 is 11.3 Å². The number of nitrogens with zero attached hydrogens (tertiary/aromatic N) is 1. The summed E-state index contributed by atoms with van der Waals surface area (Å²) in [6.07, 6.45) is 4.39. The van der Waals surface area contributed by atoms with Gasteiger partial charge in [0.05, 0.1) is 6.61 Å². The summed E-state index contributed by atoms with van der Waals surface area (Å²) >= 11 is 1.67. The van der Waals surface area contributed by atoms with Gasteiger partial charge in [0.15, 0.2) is 8.32 Å². The molecule has 0 aliphatic rings. The maximum Gasteiger partial charge on any atom is 0.187 e. The van der Waals surface area contributed by atoms with Crippen molar-refractivity contribution in [2.45, 2.75) is 45.5 Å². The smallest absolute Gasteiger partial charge is 0.187 e. The van der Waals surface area contributed by atoms with Crippen LogP contribution in [0.15, 0.2) is 11.6 Å². The molecule has 0 unspecified atom stereocenters. The summed E-state index contributed by atoms with van der Waals surface area (Å²) in [5.74, 6) is 0. The molecule has 0 N–H and O–H groups in total. The van der Waals surface area contributed by atoms with Gasteiger partial charge in [-0.15, -0.1) is 11.3 Å². The third-order valence-corrected chi connectivity index (χ3v) is 5.44. The van der Waals surface area contributed by atoms with Crippen molar-refractivity contribution in [1.82, 2.24) is 4.98 Å². The minimum atomic E-state index is -1.41. The monoisotopic (exact) mass is 229 g/mol. The van der Waals surface area contributed by atoms with Crippen LogP contribution in [-0.4, -0.2) is 13.3 Å². The summed E-state index contributed by atoms with van der Waals surface area (Å²) in [5, 5.41) is 3.10. The average molecular weight is 229 g/mol. The lowest BCUT2D eigenvalue weighted by atomic mass is 10.4. The van der Waals surface area contributed by atoms with E-state index in [4.69, 9.17) is 4.43 Å². The molecule has 0 atom stereocenters. The fourth-order valence-corrected chi connectivity index (χ4v) is 3.76. The molecule has 0 bridgehead atoms. The third kappa shape index (κ3) is 4.35. The Kier molecular flexibility index (Phi) is 4.78. The van der Waals surface area contributed by atoms with Crippen LogP contribution in [0.1, 0.15) is 24.8 Å². The van der Waals surface area contributed by atoms with Gasteiger partial charge in [0.2, 0.25) is 0 Å². The van der Waals surface area contributed by atoms with Crippen LogP contribution in [0.25, 0.3) is 0 Å². The van der Waals surface area contributed by atoms with Gasteiger partial charge in [0.25, 0.3) is 0 Å². The van der Waals surface area contributed by atoms with E-state index in [9.17, 15) is 0 Å². The fourth-order valence-electron chi connectivity index (χ4n) is 1.26. The number of hydrogen-bond acceptors (Lipinski definition) is 3. The molecule has 80 valence electrons. The predicted octanol–water partition coefficient (Wildman–Crippen LogP) is 3.66. The van der Waals surface area contributed by atoms with Gasteiger partial charge in [-0.1, -0.05) is 19.8 Å². The minimum absolute atomic E-state index is 0.709. The van der Waals surface area contributed by atoms with Crippen molar-refractivity contribution in [1.29, 1.82) is 0 Å². The molecule has 0 aliphatic heterocycles. The number of rotatable bonds is 6. The molecule has 0 saturated heterocycles. The first-order chi connectivity index (χ1) is 6.64. The zero-order valence-electron chi connectivity index (χ0n) is 9.25. The van der Waals surface area contributed by atoms with Gasteiger partial charge < -0.3 is 4.43 Å². The Labute approximate surface area is 91.5 Å². The quantitative estimate of drug-likeness (QED) is 0.694. The third-order valence-electron chi connectivity index (χ3n) is 2.20. The van der Waals surface area contributed by atoms with Crippen LogP contribution in [0.4, 0.5) is 0 Å². The minimum Gasteiger partial charge on any atom is -0.411 e. The van der Waals surface area contributed by atoms with E-state index in [1.54, 1.807) is 11.3 Å². The van der Waals surface area contributed by atoms with E-state index in [0.29, 0.717) is 6.61 Å². The van der Waals surface area contributed by atoms with Crippen molar-refractivity contribution in [3.8, 4) is 0 Å². The van der Waals surface area contributed by atoms with Gasteiger partial charge in [0, 0.05) is 11.6 Å². The Hall–Kier alpha value is -0.193. The summed E-state index contributed by atoms with van der Waals surface area (Å²) in [4.78, 5) is 4.22. The maximum absolute atomic E-state index is 5.96. The highest BCUT2D eigenvalue weighted by molar-refractivity contribution is 7.09. The van der Waals surface area contributed by atoms with Crippen molar-refractivity contribution >= 4 is 19.7 Å². The Balaban J connectivity index is 2.28. The molecule has 0 aliphatic carbocycles. The summed E-state index contributed by atoms with van der Waals surface area (Å²) in [6, 6.07) is 1.26. The molecule has 0 saturated carbocycles. The van der Waals surface area contributed by atoms with Crippen molar-refractivity contribution < 1.29 is 4.43 Å². The maximum atomic E-state index is 5.96. The van der Waals surface area contributed by atoms with Crippen LogP contribution in [0.2, 0.25) is 19.1 Å². The molecule has 1 rings (SSSR count). The highest BCUT2D eigenvalue weighted by atomic mass is 32.1. The van der Waals surface area contributed by atoms with Crippen molar-refractivity contribution in [2.24, 2.45) is 0 Å². The van der Waals surface area contributed by atoms with E-state index < -0.39 is 8.32 Å². The molecule has 1 heterocycles. The Morgan fingerprint density at radius 3 is 2.86 bits per heavy atom. The van der Waals surface area contributed by atoms with Crippen LogP contribution in [0, 0.1) is 0 Å². The molecule has 1 aromatic rings. The molecule has 14 heavy (non-hydrogen) atoms. The molecule has 0 aromatic carbocycles. The van der Waals surface area contributed by atoms with E-state index in [1.165, 1.54) is 18.9 Å². The number of aromatic nitrogens is 1. The Morgan fingerprint density at radius 1 is 1.50 bits per heavy atom. The SMILES string of the molecule is CCCC[Si](C)(C)OCc1nccs1. The van der Waals surface area contributed by atoms with Crippen LogP contribution in [0.3, 0.4) is 0 Å². The summed E-state index contributed by atoms with van der Waals surface area (Å²) in [5.41, 5.74) is 0. The standard InChI is InChI=1S/C10H19NOSSi/c1-4-5-8-14(2,3)12-9-10-11-6-7-13-10/h6-7H,4-5,8-9H2,1-3H3.